The molecule has 0 aromatic rings. The Morgan fingerprint density at radius 1 is 1.14 bits per heavy atom. The summed E-state index contributed by atoms with van der Waals surface area (Å²) in [5, 5.41) is 10.0. The van der Waals surface area contributed by atoms with Crippen molar-refractivity contribution in [2.75, 3.05) is 0 Å². The van der Waals surface area contributed by atoms with Crippen LogP contribution < -0.4 is 0 Å². The van der Waals surface area contributed by atoms with Crippen LogP contribution in [0.25, 0.3) is 0 Å². The minimum atomic E-state index is -0.145. The van der Waals surface area contributed by atoms with Crippen LogP contribution in [0, 0.1) is 28.6 Å². The Labute approximate surface area is 133 Å². The molecule has 6 atom stereocenters. The Kier molecular flexibility index (Phi) is 3.05. The van der Waals surface area contributed by atoms with Crippen LogP contribution in [0.15, 0.2) is 23.8 Å². The van der Waals surface area contributed by atoms with Crippen LogP contribution in [-0.4, -0.2) is 17.0 Å². The first-order valence-electron chi connectivity index (χ1n) is 8.96. The number of fused-ring (bicyclic) bond motifs is 5. The summed E-state index contributed by atoms with van der Waals surface area (Å²) in [6, 6.07) is 0. The summed E-state index contributed by atoms with van der Waals surface area (Å²) in [5.74, 6) is 2.16. The highest BCUT2D eigenvalue weighted by Gasteiger charge is 2.59. The van der Waals surface area contributed by atoms with Gasteiger partial charge >= 0.3 is 0 Å². The molecule has 0 heterocycles. The number of rotatable bonds is 0. The van der Waals surface area contributed by atoms with E-state index in [0.29, 0.717) is 23.5 Å². The topological polar surface area (TPSA) is 37.3 Å². The fourth-order valence-electron chi connectivity index (χ4n) is 6.38. The Hall–Kier alpha value is -0.890. The molecule has 0 unspecified atom stereocenters. The summed E-state index contributed by atoms with van der Waals surface area (Å²) in [6.45, 7) is 8.67. The van der Waals surface area contributed by atoms with Crippen molar-refractivity contribution in [3.05, 3.63) is 23.8 Å². The Balaban J connectivity index is 1.71. The number of hydrogen-bond donors (Lipinski definition) is 1. The fraction of sp³-hybridized carbons (Fsp3) is 0.750. The lowest BCUT2D eigenvalue weighted by Crippen LogP contribution is -2.50. The molecule has 0 aromatic heterocycles. The molecule has 0 amide bonds. The van der Waals surface area contributed by atoms with Gasteiger partial charge in [-0.1, -0.05) is 32.1 Å². The first-order chi connectivity index (χ1) is 10.4. The molecule has 1 N–H and O–H groups in total. The van der Waals surface area contributed by atoms with Gasteiger partial charge in [-0.15, -0.1) is 0 Å². The number of carbonyl (C=O) groups is 1. The second kappa shape index (κ2) is 4.56. The molecule has 120 valence electrons. The summed E-state index contributed by atoms with van der Waals surface area (Å²) in [7, 11) is 0. The second-order valence-electron chi connectivity index (χ2n) is 8.75. The molecule has 0 spiro atoms. The minimum Gasteiger partial charge on any atom is -0.393 e. The van der Waals surface area contributed by atoms with Gasteiger partial charge in [0, 0.05) is 5.41 Å². The third-order valence-electron chi connectivity index (χ3n) is 7.77. The van der Waals surface area contributed by atoms with Crippen molar-refractivity contribution < 1.29 is 9.90 Å². The largest absolute Gasteiger partial charge is 0.393 e. The highest BCUT2D eigenvalue weighted by atomic mass is 16.3. The van der Waals surface area contributed by atoms with Gasteiger partial charge in [0.15, 0.2) is 5.78 Å². The fourth-order valence-corrected chi connectivity index (χ4v) is 6.38. The van der Waals surface area contributed by atoms with E-state index in [-0.39, 0.29) is 16.9 Å². The third-order valence-corrected chi connectivity index (χ3v) is 7.77. The predicted molar refractivity (Wildman–Crippen MR) is 87.2 cm³/mol. The number of hydrogen-bond acceptors (Lipinski definition) is 2. The number of ketones is 1. The smallest absolute Gasteiger partial charge is 0.164 e. The summed E-state index contributed by atoms with van der Waals surface area (Å²) in [4.78, 5) is 12.6. The van der Waals surface area contributed by atoms with Crippen LogP contribution in [0.5, 0.6) is 0 Å². The van der Waals surface area contributed by atoms with Gasteiger partial charge in [0.2, 0.25) is 0 Å². The molecule has 0 bridgehead atoms. The van der Waals surface area contributed by atoms with Crippen molar-refractivity contribution in [2.45, 2.75) is 64.9 Å². The lowest BCUT2D eigenvalue weighted by Gasteiger charge is -2.56. The molecule has 4 aliphatic rings. The average molecular weight is 300 g/mol. The molecular formula is C20H28O2. The van der Waals surface area contributed by atoms with Crippen molar-refractivity contribution in [1.82, 2.24) is 0 Å². The Bertz CT molecular complexity index is 574. The van der Waals surface area contributed by atoms with Crippen molar-refractivity contribution in [1.29, 1.82) is 0 Å². The van der Waals surface area contributed by atoms with Gasteiger partial charge < -0.3 is 5.11 Å². The molecule has 0 aliphatic heterocycles. The van der Waals surface area contributed by atoms with Gasteiger partial charge in [-0.05, 0) is 73.7 Å². The lowest BCUT2D eigenvalue weighted by molar-refractivity contribution is -0.130. The van der Waals surface area contributed by atoms with Crippen molar-refractivity contribution in [3.63, 3.8) is 0 Å². The van der Waals surface area contributed by atoms with Crippen LogP contribution >= 0.6 is 0 Å². The molecule has 3 fully saturated rings. The maximum Gasteiger partial charge on any atom is 0.164 e. The van der Waals surface area contributed by atoms with E-state index in [1.165, 1.54) is 12.0 Å². The van der Waals surface area contributed by atoms with E-state index in [2.05, 4.69) is 26.5 Å². The normalized spacial score (nSPS) is 51.0. The van der Waals surface area contributed by atoms with Crippen LogP contribution in [-0.2, 0) is 4.79 Å². The summed E-state index contributed by atoms with van der Waals surface area (Å²) >= 11 is 0. The van der Waals surface area contributed by atoms with Gasteiger partial charge in [0.25, 0.3) is 0 Å². The average Bonchev–Trinajstić information content (AvgIpc) is 2.72. The molecule has 0 radical (unpaired) electrons. The zero-order valence-electron chi connectivity index (χ0n) is 13.9. The zero-order chi connectivity index (χ0) is 15.7. The van der Waals surface area contributed by atoms with E-state index in [4.69, 9.17) is 0 Å². The standard InChI is InChI=1S/C20H28O2/c1-12-10-17-15-5-4-13-11-14(21)6-8-19(13,2)16(15)7-9-20(17,3)18(12)22/h4,14-17,21H,1,5-11H2,2-3H3/t14-,15-,16+,17-,19+,20+/m1/s1. The van der Waals surface area contributed by atoms with Gasteiger partial charge in [-0.25, -0.2) is 0 Å². The highest BCUT2D eigenvalue weighted by molar-refractivity contribution is 6.02. The number of allylic oxidation sites excluding steroid dienone is 2. The number of aliphatic hydroxyl groups excluding tert-OH is 1. The summed E-state index contributed by atoms with van der Waals surface area (Å²) in [5.41, 5.74) is 2.48. The van der Waals surface area contributed by atoms with Crippen molar-refractivity contribution in [2.24, 2.45) is 28.6 Å². The molecule has 0 saturated heterocycles. The molecule has 3 saturated carbocycles. The molecule has 2 nitrogen and oxygen atoms in total. The van der Waals surface area contributed by atoms with E-state index < -0.39 is 0 Å². The first kappa shape index (κ1) is 14.7. The minimum absolute atomic E-state index is 0.141. The van der Waals surface area contributed by atoms with E-state index >= 15 is 0 Å². The van der Waals surface area contributed by atoms with E-state index in [1.54, 1.807) is 0 Å². The monoisotopic (exact) mass is 300 g/mol. The van der Waals surface area contributed by atoms with Crippen molar-refractivity contribution in [3.8, 4) is 0 Å². The van der Waals surface area contributed by atoms with Crippen molar-refractivity contribution >= 4 is 5.78 Å². The Morgan fingerprint density at radius 3 is 2.64 bits per heavy atom. The maximum absolute atomic E-state index is 12.6. The highest BCUT2D eigenvalue weighted by Crippen LogP contribution is 2.64. The van der Waals surface area contributed by atoms with Gasteiger partial charge in [-0.3, -0.25) is 4.79 Å². The lowest BCUT2D eigenvalue weighted by atomic mass is 9.48. The Morgan fingerprint density at radius 2 is 1.86 bits per heavy atom. The predicted octanol–water partition coefficient (Wildman–Crippen LogP) is 4.05. The van der Waals surface area contributed by atoms with Gasteiger partial charge in [-0.2, -0.15) is 0 Å². The zero-order valence-corrected chi connectivity index (χ0v) is 13.9. The molecule has 4 rings (SSSR count). The number of carbonyl (C=O) groups excluding carboxylic acids is 1. The van der Waals surface area contributed by atoms with Gasteiger partial charge in [0.05, 0.1) is 6.10 Å². The van der Waals surface area contributed by atoms with Gasteiger partial charge in [0.1, 0.15) is 0 Å². The SMILES string of the molecule is C=C1C[C@@H]2[C@@H]3CC=C4C[C@H](O)CC[C@]4(C)[C@H]3CC[C@]2(C)C1=O. The van der Waals surface area contributed by atoms with E-state index in [1.807, 2.05) is 0 Å². The summed E-state index contributed by atoms with van der Waals surface area (Å²) in [6.07, 6.45) is 9.40. The molecule has 4 aliphatic carbocycles. The van der Waals surface area contributed by atoms with Crippen LogP contribution in [0.1, 0.15) is 58.8 Å². The van der Waals surface area contributed by atoms with Crippen LogP contribution in [0.2, 0.25) is 0 Å². The third kappa shape index (κ3) is 1.73. The quantitative estimate of drug-likeness (QED) is 0.541. The first-order valence-corrected chi connectivity index (χ1v) is 8.96. The van der Waals surface area contributed by atoms with E-state index in [0.717, 1.165) is 44.1 Å². The number of aliphatic hydroxyl groups is 1. The van der Waals surface area contributed by atoms with E-state index in [9.17, 15) is 9.90 Å². The number of Topliss-reactive ketones (excluding diaryl/α,β-unsaturated/α-hetero) is 1. The maximum atomic E-state index is 12.6. The molecule has 2 heteroatoms. The molecule has 0 aromatic carbocycles. The molecule has 22 heavy (non-hydrogen) atoms. The van der Waals surface area contributed by atoms with Crippen LogP contribution in [0.3, 0.4) is 0 Å². The molecular weight excluding hydrogens is 272 g/mol. The second-order valence-corrected chi connectivity index (χ2v) is 8.75. The van der Waals surface area contributed by atoms with Crippen LogP contribution in [0.4, 0.5) is 0 Å². The summed E-state index contributed by atoms with van der Waals surface area (Å²) < 4.78 is 0.